The summed E-state index contributed by atoms with van der Waals surface area (Å²) in [5, 5.41) is 0. The first-order valence-electron chi connectivity index (χ1n) is 10.3. The van der Waals surface area contributed by atoms with Crippen LogP contribution in [0.4, 0.5) is 0 Å². The van der Waals surface area contributed by atoms with Crippen LogP contribution >= 0.6 is 0 Å². The summed E-state index contributed by atoms with van der Waals surface area (Å²) in [7, 11) is 4.97. The van der Waals surface area contributed by atoms with Gasteiger partial charge in [-0.1, -0.05) is 25.0 Å². The second-order valence-electron chi connectivity index (χ2n) is 7.40. The fourth-order valence-electron chi connectivity index (χ4n) is 4.04. The average Bonchev–Trinajstić information content (AvgIpc) is 3.03. The molecule has 0 bridgehead atoms. The molecule has 1 fully saturated rings. The van der Waals surface area contributed by atoms with Crippen LogP contribution in [0.5, 0.6) is 17.2 Å². The molecule has 0 N–H and O–H groups in total. The summed E-state index contributed by atoms with van der Waals surface area (Å²) < 4.78 is 16.1. The third-order valence-electron chi connectivity index (χ3n) is 5.67. The van der Waals surface area contributed by atoms with Gasteiger partial charge in [0.1, 0.15) is 17.2 Å². The van der Waals surface area contributed by atoms with Crippen molar-refractivity contribution >= 4 is 5.91 Å². The fraction of sp³-hybridized carbons (Fsp3) is 0.458. The number of carbonyl (C=O) groups is 1. The van der Waals surface area contributed by atoms with E-state index in [2.05, 4.69) is 17.0 Å². The van der Waals surface area contributed by atoms with E-state index >= 15 is 0 Å². The van der Waals surface area contributed by atoms with E-state index in [1.807, 2.05) is 30.3 Å². The van der Waals surface area contributed by atoms with E-state index in [0.717, 1.165) is 48.6 Å². The van der Waals surface area contributed by atoms with Crippen LogP contribution in [0.3, 0.4) is 0 Å². The number of hydrogen-bond donors (Lipinski definition) is 0. The predicted octanol–water partition coefficient (Wildman–Crippen LogP) is 4.79. The van der Waals surface area contributed by atoms with Crippen molar-refractivity contribution in [2.24, 2.45) is 0 Å². The summed E-state index contributed by atoms with van der Waals surface area (Å²) in [6.45, 7) is 0.810. The molecule has 1 aliphatic rings. The van der Waals surface area contributed by atoms with Crippen molar-refractivity contribution in [3.8, 4) is 17.2 Å². The average molecular weight is 398 g/mol. The van der Waals surface area contributed by atoms with Gasteiger partial charge < -0.3 is 19.1 Å². The van der Waals surface area contributed by atoms with Crippen molar-refractivity contribution in [2.75, 3.05) is 27.9 Å². The number of methoxy groups -OCH3 is 3. The zero-order valence-corrected chi connectivity index (χ0v) is 17.6. The Morgan fingerprint density at radius 3 is 2.34 bits per heavy atom. The highest BCUT2D eigenvalue weighted by atomic mass is 16.5. The molecular formula is C24H31NO4. The maximum atomic E-state index is 13.2. The Labute approximate surface area is 173 Å². The van der Waals surface area contributed by atoms with E-state index in [0.29, 0.717) is 12.8 Å². The van der Waals surface area contributed by atoms with Gasteiger partial charge in [0.25, 0.3) is 0 Å². The lowest BCUT2D eigenvalue weighted by Crippen LogP contribution is -2.35. The van der Waals surface area contributed by atoms with Crippen molar-refractivity contribution in [1.29, 1.82) is 0 Å². The van der Waals surface area contributed by atoms with Crippen LogP contribution in [0.1, 0.15) is 49.3 Å². The summed E-state index contributed by atoms with van der Waals surface area (Å²) in [6, 6.07) is 14.0. The smallest absolute Gasteiger partial charge is 0.223 e. The van der Waals surface area contributed by atoms with Crippen molar-refractivity contribution in [3.05, 3.63) is 53.6 Å². The van der Waals surface area contributed by atoms with Crippen LogP contribution < -0.4 is 14.2 Å². The van der Waals surface area contributed by atoms with Gasteiger partial charge in [0.15, 0.2) is 0 Å². The molecule has 2 aromatic rings. The lowest BCUT2D eigenvalue weighted by Gasteiger charge is -2.31. The Morgan fingerprint density at radius 2 is 1.66 bits per heavy atom. The monoisotopic (exact) mass is 397 g/mol. The summed E-state index contributed by atoms with van der Waals surface area (Å²) in [6.07, 6.45) is 5.45. The third-order valence-corrected chi connectivity index (χ3v) is 5.67. The van der Waals surface area contributed by atoms with Crippen molar-refractivity contribution in [1.82, 2.24) is 4.90 Å². The number of carbonyl (C=O) groups excluding carboxylic acids is 1. The summed E-state index contributed by atoms with van der Waals surface area (Å²) in [4.78, 5) is 15.3. The summed E-state index contributed by atoms with van der Waals surface area (Å²) in [5.74, 6) is 2.60. The molecule has 1 aliphatic heterocycles. The highest BCUT2D eigenvalue weighted by molar-refractivity contribution is 5.77. The van der Waals surface area contributed by atoms with Crippen LogP contribution in [0.2, 0.25) is 0 Å². The highest BCUT2D eigenvalue weighted by Gasteiger charge is 2.26. The number of aryl methyl sites for hydroxylation is 1. The molecule has 5 nitrogen and oxygen atoms in total. The Kier molecular flexibility index (Phi) is 7.39. The maximum absolute atomic E-state index is 13.2. The van der Waals surface area contributed by atoms with Gasteiger partial charge in [0, 0.05) is 13.0 Å². The first-order chi connectivity index (χ1) is 14.2. The topological polar surface area (TPSA) is 48.0 Å². The molecule has 1 heterocycles. The standard InChI is InChI=1S/C24H31NO4/c1-27-20-11-8-18(9-12-20)22-7-5-4-6-16-25(22)24(26)15-10-19-17-21(28-2)13-14-23(19)29-3/h8-9,11-14,17,22H,4-7,10,15-16H2,1-3H3. The zero-order chi connectivity index (χ0) is 20.6. The number of amides is 1. The van der Waals surface area contributed by atoms with Gasteiger partial charge >= 0.3 is 0 Å². The minimum atomic E-state index is 0.128. The molecule has 3 rings (SSSR count). The minimum Gasteiger partial charge on any atom is -0.497 e. The largest absolute Gasteiger partial charge is 0.497 e. The van der Waals surface area contributed by atoms with E-state index < -0.39 is 0 Å². The van der Waals surface area contributed by atoms with Crippen molar-refractivity contribution < 1.29 is 19.0 Å². The van der Waals surface area contributed by atoms with Gasteiger partial charge in [-0.15, -0.1) is 0 Å². The molecular weight excluding hydrogens is 366 g/mol. The summed E-state index contributed by atoms with van der Waals surface area (Å²) >= 11 is 0. The second-order valence-corrected chi connectivity index (χ2v) is 7.40. The zero-order valence-electron chi connectivity index (χ0n) is 17.6. The molecule has 0 aliphatic carbocycles. The van der Waals surface area contributed by atoms with Crippen LogP contribution in [0, 0.1) is 0 Å². The van der Waals surface area contributed by atoms with Crippen LogP contribution in [-0.2, 0) is 11.2 Å². The second kappa shape index (κ2) is 10.2. The SMILES string of the molecule is COc1ccc(C2CCCCCN2C(=O)CCc2cc(OC)ccc2OC)cc1. The molecule has 5 heteroatoms. The first-order valence-corrected chi connectivity index (χ1v) is 10.3. The molecule has 2 aromatic carbocycles. The van der Waals surface area contributed by atoms with Gasteiger partial charge in [-0.25, -0.2) is 0 Å². The van der Waals surface area contributed by atoms with Gasteiger partial charge in [-0.3, -0.25) is 4.79 Å². The minimum absolute atomic E-state index is 0.128. The molecule has 1 unspecified atom stereocenters. The Balaban J connectivity index is 1.74. The van der Waals surface area contributed by atoms with E-state index in [4.69, 9.17) is 14.2 Å². The number of nitrogens with zero attached hydrogens (tertiary/aromatic N) is 1. The molecule has 0 aromatic heterocycles. The molecule has 1 saturated heterocycles. The van der Waals surface area contributed by atoms with Crippen LogP contribution in [-0.4, -0.2) is 38.7 Å². The maximum Gasteiger partial charge on any atom is 0.223 e. The number of likely N-dealkylation sites (tertiary alicyclic amines) is 1. The van der Waals surface area contributed by atoms with Gasteiger partial charge in [-0.05, 0) is 60.7 Å². The van der Waals surface area contributed by atoms with Crippen LogP contribution in [0.15, 0.2) is 42.5 Å². The molecule has 29 heavy (non-hydrogen) atoms. The number of ether oxygens (including phenoxy) is 3. The van der Waals surface area contributed by atoms with E-state index in [9.17, 15) is 4.79 Å². The number of rotatable bonds is 7. The lowest BCUT2D eigenvalue weighted by atomic mass is 9.99. The third kappa shape index (κ3) is 5.22. The quantitative estimate of drug-likeness (QED) is 0.674. The Bertz CT molecular complexity index is 803. The lowest BCUT2D eigenvalue weighted by molar-refractivity contribution is -0.133. The fourth-order valence-corrected chi connectivity index (χ4v) is 4.04. The van der Waals surface area contributed by atoms with Crippen LogP contribution in [0.25, 0.3) is 0 Å². The van der Waals surface area contributed by atoms with Gasteiger partial charge in [-0.2, -0.15) is 0 Å². The highest BCUT2D eigenvalue weighted by Crippen LogP contribution is 2.32. The van der Waals surface area contributed by atoms with Gasteiger partial charge in [0.2, 0.25) is 5.91 Å². The molecule has 0 radical (unpaired) electrons. The van der Waals surface area contributed by atoms with Gasteiger partial charge in [0.05, 0.1) is 27.4 Å². The Morgan fingerprint density at radius 1 is 0.931 bits per heavy atom. The first kappa shape index (κ1) is 21.0. The normalized spacial score (nSPS) is 16.8. The van der Waals surface area contributed by atoms with Crippen molar-refractivity contribution in [2.45, 2.75) is 44.6 Å². The Hall–Kier alpha value is -2.69. The molecule has 156 valence electrons. The van der Waals surface area contributed by atoms with E-state index in [1.165, 1.54) is 12.0 Å². The number of benzene rings is 2. The predicted molar refractivity (Wildman–Crippen MR) is 114 cm³/mol. The molecule has 1 amide bonds. The van der Waals surface area contributed by atoms with Crippen molar-refractivity contribution in [3.63, 3.8) is 0 Å². The van der Waals surface area contributed by atoms with E-state index in [-0.39, 0.29) is 11.9 Å². The molecule has 0 saturated carbocycles. The summed E-state index contributed by atoms with van der Waals surface area (Å²) in [5.41, 5.74) is 2.18. The molecule has 1 atom stereocenters. The molecule has 0 spiro atoms. The van der Waals surface area contributed by atoms with E-state index in [1.54, 1.807) is 21.3 Å². The number of hydrogen-bond acceptors (Lipinski definition) is 4.